The van der Waals surface area contributed by atoms with Gasteiger partial charge in [0.25, 0.3) is 0 Å². The van der Waals surface area contributed by atoms with E-state index in [1.54, 1.807) is 0 Å². The van der Waals surface area contributed by atoms with Crippen molar-refractivity contribution in [3.05, 3.63) is 194 Å². The third-order valence-corrected chi connectivity index (χ3v) is 11.8. The normalized spacial score (nSPS) is 11.8. The molecule has 13 aromatic rings. The van der Waals surface area contributed by atoms with E-state index in [0.29, 0.717) is 35.2 Å². The van der Waals surface area contributed by atoms with Crippen molar-refractivity contribution in [1.82, 2.24) is 39.0 Å². The van der Waals surface area contributed by atoms with Gasteiger partial charge in [-0.05, 0) is 48.5 Å². The van der Waals surface area contributed by atoms with Gasteiger partial charge in [0.05, 0.1) is 22.1 Å². The van der Waals surface area contributed by atoms with E-state index in [1.165, 1.54) is 0 Å². The molecular formula is C54H32N8O. The molecule has 0 aliphatic carbocycles. The number of fused-ring (bicyclic) bond motifs is 9. The van der Waals surface area contributed by atoms with Crippen LogP contribution in [0.15, 0.2) is 199 Å². The molecule has 0 aliphatic rings. The van der Waals surface area contributed by atoms with Crippen molar-refractivity contribution in [1.29, 1.82) is 0 Å². The molecule has 8 aromatic carbocycles. The number of furan rings is 1. The Labute approximate surface area is 359 Å². The molecule has 13 rings (SSSR count). The molecule has 0 atom stereocenters. The number of hydrogen-bond donors (Lipinski definition) is 0. The van der Waals surface area contributed by atoms with Gasteiger partial charge < -0.3 is 4.42 Å². The summed E-state index contributed by atoms with van der Waals surface area (Å²) in [6.45, 7) is 0. The van der Waals surface area contributed by atoms with E-state index in [0.717, 1.165) is 87.8 Å². The van der Waals surface area contributed by atoms with Gasteiger partial charge in [-0.3, -0.25) is 9.13 Å². The predicted octanol–water partition coefficient (Wildman–Crippen LogP) is 12.8. The fourth-order valence-corrected chi connectivity index (χ4v) is 8.94. The zero-order valence-electron chi connectivity index (χ0n) is 33.5. The van der Waals surface area contributed by atoms with E-state index >= 15 is 0 Å². The van der Waals surface area contributed by atoms with Gasteiger partial charge >= 0.3 is 0 Å². The molecule has 9 heteroatoms. The van der Waals surface area contributed by atoms with Crippen molar-refractivity contribution in [2.24, 2.45) is 0 Å². The minimum Gasteiger partial charge on any atom is -0.456 e. The molecule has 0 aliphatic heterocycles. The molecule has 0 amide bonds. The van der Waals surface area contributed by atoms with Crippen LogP contribution < -0.4 is 0 Å². The van der Waals surface area contributed by atoms with Crippen molar-refractivity contribution in [2.75, 3.05) is 0 Å². The first kappa shape index (κ1) is 35.0. The molecule has 63 heavy (non-hydrogen) atoms. The summed E-state index contributed by atoms with van der Waals surface area (Å²) < 4.78 is 10.8. The standard InChI is InChI=1S/C54H32N8O/c1-4-16-33(17-5-1)49-55-50(34-18-6-2-7-19-34)59-54(58-49)62-45-29-28-36(30-40(45)41-32-48-42(31-46(41)62)39-24-12-15-27-47(39)63-48)52-56-51(35-20-8-3-9-21-35)57-53(60-52)61-43-25-13-10-22-37(43)38-23-11-14-26-44(38)61/h1-32H. The largest absolute Gasteiger partial charge is 0.456 e. The Kier molecular flexibility index (Phi) is 7.70. The fraction of sp³-hybridized carbons (Fsp3) is 0. The minimum atomic E-state index is 0.503. The summed E-state index contributed by atoms with van der Waals surface area (Å²) in [5.74, 6) is 3.33. The highest BCUT2D eigenvalue weighted by molar-refractivity contribution is 6.17. The average molecular weight is 809 g/mol. The summed E-state index contributed by atoms with van der Waals surface area (Å²) in [6, 6.07) is 65.8. The first-order chi connectivity index (χ1) is 31.2. The molecule has 0 fully saturated rings. The van der Waals surface area contributed by atoms with Gasteiger partial charge in [0.15, 0.2) is 23.3 Å². The van der Waals surface area contributed by atoms with E-state index in [2.05, 4.69) is 94.1 Å². The van der Waals surface area contributed by atoms with Crippen molar-refractivity contribution >= 4 is 65.6 Å². The van der Waals surface area contributed by atoms with Crippen LogP contribution in [0.1, 0.15) is 0 Å². The predicted molar refractivity (Wildman–Crippen MR) is 251 cm³/mol. The molecule has 0 saturated carbocycles. The van der Waals surface area contributed by atoms with Gasteiger partial charge in [-0.15, -0.1) is 0 Å². The molecule has 0 unspecified atom stereocenters. The highest BCUT2D eigenvalue weighted by atomic mass is 16.3. The third-order valence-electron chi connectivity index (χ3n) is 11.8. The smallest absolute Gasteiger partial charge is 0.238 e. The summed E-state index contributed by atoms with van der Waals surface area (Å²) >= 11 is 0. The van der Waals surface area contributed by atoms with Crippen molar-refractivity contribution in [3.8, 4) is 57.4 Å². The Morgan fingerprint density at radius 3 is 1.25 bits per heavy atom. The van der Waals surface area contributed by atoms with Crippen LogP contribution in [0.2, 0.25) is 0 Å². The van der Waals surface area contributed by atoms with Gasteiger partial charge in [-0.1, -0.05) is 146 Å². The van der Waals surface area contributed by atoms with Gasteiger partial charge in [-0.2, -0.15) is 19.9 Å². The molecule has 5 aromatic heterocycles. The second-order valence-electron chi connectivity index (χ2n) is 15.6. The van der Waals surface area contributed by atoms with Crippen LogP contribution in [0, 0.1) is 0 Å². The van der Waals surface area contributed by atoms with Gasteiger partial charge in [0, 0.05) is 54.6 Å². The Bertz CT molecular complexity index is 3800. The lowest BCUT2D eigenvalue weighted by atomic mass is 10.1. The van der Waals surface area contributed by atoms with Crippen molar-refractivity contribution < 1.29 is 4.42 Å². The van der Waals surface area contributed by atoms with E-state index in [1.807, 2.05) is 109 Å². The number of benzene rings is 8. The molecule has 0 radical (unpaired) electrons. The maximum absolute atomic E-state index is 6.50. The van der Waals surface area contributed by atoms with Crippen LogP contribution in [0.5, 0.6) is 0 Å². The summed E-state index contributed by atoms with van der Waals surface area (Å²) in [4.78, 5) is 31.0. The zero-order chi connectivity index (χ0) is 41.4. The topological polar surface area (TPSA) is 100 Å². The lowest BCUT2D eigenvalue weighted by molar-refractivity contribution is 0.669. The Balaban J connectivity index is 1.09. The maximum atomic E-state index is 6.50. The van der Waals surface area contributed by atoms with Gasteiger partial charge in [-0.25, -0.2) is 9.97 Å². The Morgan fingerprint density at radius 2 is 0.698 bits per heavy atom. The lowest BCUT2D eigenvalue weighted by Crippen LogP contribution is -2.07. The molecular weight excluding hydrogens is 777 g/mol. The molecule has 5 heterocycles. The van der Waals surface area contributed by atoms with Gasteiger partial charge in [0.1, 0.15) is 11.2 Å². The van der Waals surface area contributed by atoms with Crippen LogP contribution in [-0.2, 0) is 0 Å². The van der Waals surface area contributed by atoms with Crippen molar-refractivity contribution in [3.63, 3.8) is 0 Å². The number of nitrogens with zero attached hydrogens (tertiary/aromatic N) is 8. The Morgan fingerprint density at radius 1 is 0.270 bits per heavy atom. The lowest BCUT2D eigenvalue weighted by Gasteiger charge is -2.12. The highest BCUT2D eigenvalue weighted by Crippen LogP contribution is 2.40. The highest BCUT2D eigenvalue weighted by Gasteiger charge is 2.23. The van der Waals surface area contributed by atoms with Gasteiger partial charge in [0.2, 0.25) is 11.9 Å². The second-order valence-corrected chi connectivity index (χ2v) is 15.6. The molecule has 0 N–H and O–H groups in total. The average Bonchev–Trinajstić information content (AvgIpc) is 4.00. The summed E-state index contributed by atoms with van der Waals surface area (Å²) in [7, 11) is 0. The summed E-state index contributed by atoms with van der Waals surface area (Å²) in [6.07, 6.45) is 0. The van der Waals surface area contributed by atoms with Crippen LogP contribution in [-0.4, -0.2) is 39.0 Å². The summed E-state index contributed by atoms with van der Waals surface area (Å²) in [5.41, 5.74) is 9.01. The molecule has 294 valence electrons. The van der Waals surface area contributed by atoms with E-state index in [4.69, 9.17) is 34.3 Å². The number of aromatic nitrogens is 8. The SMILES string of the molecule is c1ccc(-c2nc(-c3ccc4c(c3)c3cc5oc6ccccc6c5cc3n4-c3nc(-c4ccccc4)nc(-c4ccccc4)n3)nc(-n3c4ccccc4c4ccccc43)n2)cc1. The fourth-order valence-electron chi connectivity index (χ4n) is 8.94. The third kappa shape index (κ3) is 5.64. The molecule has 0 saturated heterocycles. The van der Waals surface area contributed by atoms with Crippen LogP contribution in [0.4, 0.5) is 0 Å². The van der Waals surface area contributed by atoms with E-state index in [-0.39, 0.29) is 0 Å². The van der Waals surface area contributed by atoms with Crippen LogP contribution >= 0.6 is 0 Å². The summed E-state index contributed by atoms with van der Waals surface area (Å²) in [5, 5.41) is 6.24. The van der Waals surface area contributed by atoms with E-state index in [9.17, 15) is 0 Å². The number of hydrogen-bond acceptors (Lipinski definition) is 7. The first-order valence-electron chi connectivity index (χ1n) is 20.8. The minimum absolute atomic E-state index is 0.503. The second kappa shape index (κ2) is 13.9. The van der Waals surface area contributed by atoms with Crippen LogP contribution in [0.3, 0.4) is 0 Å². The van der Waals surface area contributed by atoms with E-state index < -0.39 is 0 Å². The monoisotopic (exact) mass is 808 g/mol. The Hall–Kier alpha value is -8.82. The molecule has 9 nitrogen and oxygen atoms in total. The quantitative estimate of drug-likeness (QED) is 0.165. The first-order valence-corrected chi connectivity index (χ1v) is 20.8. The number of para-hydroxylation sites is 3. The zero-order valence-corrected chi connectivity index (χ0v) is 33.5. The number of rotatable bonds is 6. The van der Waals surface area contributed by atoms with Crippen molar-refractivity contribution in [2.45, 2.75) is 0 Å². The molecule has 0 bridgehead atoms. The van der Waals surface area contributed by atoms with Crippen LogP contribution in [0.25, 0.3) is 123 Å². The maximum Gasteiger partial charge on any atom is 0.238 e. The molecule has 0 spiro atoms.